The van der Waals surface area contributed by atoms with Crippen LogP contribution in [0.15, 0.2) is 83.2 Å². The molecule has 1 heterocycles. The molecule has 12 heteroatoms. The van der Waals surface area contributed by atoms with Crippen LogP contribution in [0.3, 0.4) is 0 Å². The minimum Gasteiger partial charge on any atom is -0.465 e. The number of sulfonamides is 1. The van der Waals surface area contributed by atoms with Crippen LogP contribution in [-0.2, 0) is 21.3 Å². The van der Waals surface area contributed by atoms with Crippen LogP contribution < -0.4 is 11.5 Å². The molecular formula is C29H30ClN5O5S. The molecular weight excluding hydrogens is 566 g/mol. The van der Waals surface area contributed by atoms with Crippen molar-refractivity contribution in [1.82, 2.24) is 9.21 Å². The van der Waals surface area contributed by atoms with Crippen molar-refractivity contribution in [3.05, 3.63) is 105 Å². The SMILES string of the molecule is COC(=O)c1ccc(CN(C(=O)c2ccc(N=C(N)N)cc2)C2CCN(S(=O)(=O)/C=C/c3ccc(Cl)cc3)C2)cc1. The summed E-state index contributed by atoms with van der Waals surface area (Å²) in [5.41, 5.74) is 13.6. The van der Waals surface area contributed by atoms with E-state index in [9.17, 15) is 18.0 Å². The number of rotatable bonds is 9. The van der Waals surface area contributed by atoms with Crippen LogP contribution in [0.25, 0.3) is 6.08 Å². The average Bonchev–Trinajstić information content (AvgIpc) is 3.46. The van der Waals surface area contributed by atoms with Crippen LogP contribution in [0.5, 0.6) is 0 Å². The van der Waals surface area contributed by atoms with Crippen LogP contribution in [-0.4, -0.2) is 61.7 Å². The molecule has 0 aromatic heterocycles. The molecule has 0 aliphatic carbocycles. The summed E-state index contributed by atoms with van der Waals surface area (Å²) in [4.78, 5) is 31.2. The van der Waals surface area contributed by atoms with Gasteiger partial charge in [0.15, 0.2) is 5.96 Å². The highest BCUT2D eigenvalue weighted by Crippen LogP contribution is 2.25. The molecule has 0 radical (unpaired) electrons. The second-order valence-corrected chi connectivity index (χ2v) is 11.7. The Bertz CT molecular complexity index is 1550. The van der Waals surface area contributed by atoms with Gasteiger partial charge < -0.3 is 21.1 Å². The van der Waals surface area contributed by atoms with Gasteiger partial charge in [0.1, 0.15) is 0 Å². The fraction of sp³-hybridized carbons (Fsp3) is 0.207. The van der Waals surface area contributed by atoms with Gasteiger partial charge in [0, 0.05) is 41.7 Å². The van der Waals surface area contributed by atoms with Gasteiger partial charge in [-0.15, -0.1) is 0 Å². The molecule has 3 aromatic rings. The number of carbonyl (C=O) groups is 2. The minimum atomic E-state index is -3.74. The second kappa shape index (κ2) is 13.0. The van der Waals surface area contributed by atoms with Gasteiger partial charge >= 0.3 is 5.97 Å². The molecule has 3 aromatic carbocycles. The maximum Gasteiger partial charge on any atom is 0.337 e. The van der Waals surface area contributed by atoms with E-state index in [0.29, 0.717) is 33.8 Å². The van der Waals surface area contributed by atoms with Crippen molar-refractivity contribution >= 4 is 51.2 Å². The Morgan fingerprint density at radius 2 is 1.66 bits per heavy atom. The smallest absolute Gasteiger partial charge is 0.337 e. The molecule has 0 bridgehead atoms. The highest BCUT2D eigenvalue weighted by Gasteiger charge is 2.35. The first-order valence-corrected chi connectivity index (χ1v) is 14.6. The third kappa shape index (κ3) is 7.72. The van der Waals surface area contributed by atoms with Crippen molar-refractivity contribution in [2.24, 2.45) is 16.5 Å². The average molecular weight is 596 g/mol. The van der Waals surface area contributed by atoms with Gasteiger partial charge in [-0.1, -0.05) is 35.9 Å². The first kappa shape index (κ1) is 29.8. The lowest BCUT2D eigenvalue weighted by Crippen LogP contribution is -2.42. The molecule has 4 rings (SSSR count). The lowest BCUT2D eigenvalue weighted by molar-refractivity contribution is 0.0599. The third-order valence-corrected chi connectivity index (χ3v) is 8.37. The molecule has 1 aliphatic rings. The summed E-state index contributed by atoms with van der Waals surface area (Å²) in [5.74, 6) is -0.841. The molecule has 1 saturated heterocycles. The van der Waals surface area contributed by atoms with E-state index >= 15 is 0 Å². The lowest BCUT2D eigenvalue weighted by atomic mass is 10.1. The van der Waals surface area contributed by atoms with E-state index < -0.39 is 16.0 Å². The first-order valence-electron chi connectivity index (χ1n) is 12.7. The number of carbonyl (C=O) groups excluding carboxylic acids is 2. The Kier molecular flexibility index (Phi) is 9.43. The third-order valence-electron chi connectivity index (χ3n) is 6.59. The number of benzene rings is 3. The highest BCUT2D eigenvalue weighted by molar-refractivity contribution is 7.92. The van der Waals surface area contributed by atoms with Gasteiger partial charge in [-0.2, -0.15) is 4.31 Å². The van der Waals surface area contributed by atoms with Gasteiger partial charge in [0.2, 0.25) is 10.0 Å². The summed E-state index contributed by atoms with van der Waals surface area (Å²) < 4.78 is 32.4. The number of halogens is 1. The zero-order valence-corrected chi connectivity index (χ0v) is 23.9. The number of amides is 1. The van der Waals surface area contributed by atoms with Gasteiger partial charge in [-0.3, -0.25) is 4.79 Å². The van der Waals surface area contributed by atoms with Crippen LogP contribution >= 0.6 is 11.6 Å². The van der Waals surface area contributed by atoms with Gasteiger partial charge in [0.25, 0.3) is 5.91 Å². The summed E-state index contributed by atoms with van der Waals surface area (Å²) in [7, 11) is -2.44. The molecule has 4 N–H and O–H groups in total. The molecule has 10 nitrogen and oxygen atoms in total. The molecule has 1 atom stereocenters. The van der Waals surface area contributed by atoms with E-state index in [1.54, 1.807) is 77.7 Å². The molecule has 1 amide bonds. The van der Waals surface area contributed by atoms with E-state index in [1.165, 1.54) is 22.9 Å². The fourth-order valence-electron chi connectivity index (χ4n) is 4.44. The number of nitrogens with zero attached hydrogens (tertiary/aromatic N) is 3. The predicted molar refractivity (Wildman–Crippen MR) is 159 cm³/mol. The molecule has 41 heavy (non-hydrogen) atoms. The molecule has 214 valence electrons. The highest BCUT2D eigenvalue weighted by atomic mass is 35.5. The Morgan fingerprint density at radius 1 is 1.02 bits per heavy atom. The second-order valence-electron chi connectivity index (χ2n) is 9.40. The lowest BCUT2D eigenvalue weighted by Gasteiger charge is -2.29. The number of esters is 1. The van der Waals surface area contributed by atoms with Crippen molar-refractivity contribution in [1.29, 1.82) is 0 Å². The Balaban J connectivity index is 1.57. The van der Waals surface area contributed by atoms with Crippen LogP contribution in [0, 0.1) is 0 Å². The molecule has 0 spiro atoms. The summed E-state index contributed by atoms with van der Waals surface area (Å²) >= 11 is 5.92. The normalized spacial score (nSPS) is 15.5. The van der Waals surface area contributed by atoms with E-state index in [-0.39, 0.29) is 37.5 Å². The number of nitrogens with two attached hydrogens (primary N) is 2. The molecule has 1 fully saturated rings. The number of methoxy groups -OCH3 is 1. The molecule has 1 unspecified atom stereocenters. The van der Waals surface area contributed by atoms with E-state index in [2.05, 4.69) is 4.99 Å². The summed E-state index contributed by atoms with van der Waals surface area (Å²) in [6.45, 7) is 0.590. The zero-order chi connectivity index (χ0) is 29.6. The maximum absolute atomic E-state index is 13.8. The Hall–Kier alpha value is -4.19. The molecule has 1 aliphatic heterocycles. The topological polar surface area (TPSA) is 148 Å². The van der Waals surface area contributed by atoms with Gasteiger partial charge in [0.05, 0.1) is 18.4 Å². The number of ether oxygens (including phenoxy) is 1. The van der Waals surface area contributed by atoms with E-state index in [4.69, 9.17) is 27.8 Å². The van der Waals surface area contributed by atoms with Crippen molar-refractivity contribution in [2.45, 2.75) is 19.0 Å². The minimum absolute atomic E-state index is 0.0986. The largest absolute Gasteiger partial charge is 0.465 e. The first-order chi connectivity index (χ1) is 19.6. The van der Waals surface area contributed by atoms with Crippen molar-refractivity contribution in [3.8, 4) is 0 Å². The standard InChI is InChI=1S/C29H30ClN5O5S/c1-40-28(37)23-6-2-21(3-7-23)18-35(27(36)22-8-12-25(13-9-22)33-29(31)32)26-14-16-34(19-26)41(38,39)17-15-20-4-10-24(30)11-5-20/h2-13,15,17,26H,14,16,18-19H2,1H3,(H4,31,32,33)/b17-15+. The number of guanidine groups is 1. The van der Waals surface area contributed by atoms with Crippen LogP contribution in [0.2, 0.25) is 5.02 Å². The zero-order valence-electron chi connectivity index (χ0n) is 22.3. The summed E-state index contributed by atoms with van der Waals surface area (Å²) in [6, 6.07) is 19.7. The summed E-state index contributed by atoms with van der Waals surface area (Å²) in [5, 5.41) is 1.72. The summed E-state index contributed by atoms with van der Waals surface area (Å²) in [6.07, 6.45) is 1.97. The van der Waals surface area contributed by atoms with Gasteiger partial charge in [-0.25, -0.2) is 18.2 Å². The Morgan fingerprint density at radius 3 is 2.27 bits per heavy atom. The number of hydrogen-bond donors (Lipinski definition) is 2. The van der Waals surface area contributed by atoms with Crippen molar-refractivity contribution < 1.29 is 22.7 Å². The van der Waals surface area contributed by atoms with Gasteiger partial charge in [-0.05, 0) is 72.2 Å². The van der Waals surface area contributed by atoms with Crippen molar-refractivity contribution in [3.63, 3.8) is 0 Å². The Labute approximate surface area is 243 Å². The maximum atomic E-state index is 13.8. The van der Waals surface area contributed by atoms with E-state index in [1.807, 2.05) is 0 Å². The van der Waals surface area contributed by atoms with E-state index in [0.717, 1.165) is 5.56 Å². The monoisotopic (exact) mass is 595 g/mol. The molecule has 0 saturated carbocycles. The van der Waals surface area contributed by atoms with Crippen LogP contribution in [0.4, 0.5) is 5.69 Å². The number of hydrogen-bond acceptors (Lipinski definition) is 6. The fourth-order valence-corrected chi connectivity index (χ4v) is 5.81. The van der Waals surface area contributed by atoms with Crippen LogP contribution in [0.1, 0.15) is 38.3 Å². The number of aliphatic imine (C=N–C) groups is 1. The quantitative estimate of drug-likeness (QED) is 0.217. The predicted octanol–water partition coefficient (Wildman–Crippen LogP) is 3.75. The van der Waals surface area contributed by atoms with Crippen molar-refractivity contribution in [2.75, 3.05) is 20.2 Å².